The van der Waals surface area contributed by atoms with Gasteiger partial charge in [0.15, 0.2) is 0 Å². The molecule has 1 fully saturated rings. The lowest BCUT2D eigenvalue weighted by molar-refractivity contribution is 0.352. The van der Waals surface area contributed by atoms with Crippen LogP contribution in [0.15, 0.2) is 0 Å². The van der Waals surface area contributed by atoms with Gasteiger partial charge in [-0.15, -0.1) is 0 Å². The molecule has 1 saturated carbocycles. The van der Waals surface area contributed by atoms with Crippen LogP contribution in [0.2, 0.25) is 0 Å². The van der Waals surface area contributed by atoms with Crippen molar-refractivity contribution in [1.82, 2.24) is 0 Å². The van der Waals surface area contributed by atoms with Crippen molar-refractivity contribution in [3.8, 4) is 0 Å². The summed E-state index contributed by atoms with van der Waals surface area (Å²) in [7, 11) is 0. The van der Waals surface area contributed by atoms with Gasteiger partial charge in [-0.1, -0.05) is 40.5 Å². The summed E-state index contributed by atoms with van der Waals surface area (Å²) in [5, 5.41) is 0. The molecule has 0 aromatic heterocycles. The fourth-order valence-electron chi connectivity index (χ4n) is 2.56. The van der Waals surface area contributed by atoms with Gasteiger partial charge in [-0.3, -0.25) is 0 Å². The Morgan fingerprint density at radius 2 is 1.92 bits per heavy atom. The molecule has 4 unspecified atom stereocenters. The summed E-state index contributed by atoms with van der Waals surface area (Å²) < 4.78 is 0. The van der Waals surface area contributed by atoms with E-state index in [0.29, 0.717) is 0 Å². The molecule has 0 N–H and O–H groups in total. The van der Waals surface area contributed by atoms with E-state index in [9.17, 15) is 0 Å². The Morgan fingerprint density at radius 1 is 1.33 bits per heavy atom. The highest BCUT2D eigenvalue weighted by atomic mass is 14.4. The van der Waals surface area contributed by atoms with E-state index in [1.54, 1.807) is 0 Å². The van der Waals surface area contributed by atoms with Gasteiger partial charge in [-0.2, -0.15) is 0 Å². The third-order valence-electron chi connectivity index (χ3n) is 3.46. The van der Waals surface area contributed by atoms with Gasteiger partial charge in [0.1, 0.15) is 0 Å². The van der Waals surface area contributed by atoms with Crippen LogP contribution in [0, 0.1) is 23.7 Å². The molecule has 0 bridgehead atoms. The van der Waals surface area contributed by atoms with Crippen molar-refractivity contribution in [3.63, 3.8) is 0 Å². The summed E-state index contributed by atoms with van der Waals surface area (Å²) in [6.07, 6.45) is 5.74. The molecule has 1 rings (SSSR count). The Bertz CT molecular complexity index is 128. The van der Waals surface area contributed by atoms with Crippen molar-refractivity contribution in [2.45, 2.75) is 53.4 Å². The largest absolute Gasteiger partial charge is 0.0654 e. The number of hydrogen-bond donors (Lipinski definition) is 0. The van der Waals surface area contributed by atoms with Crippen molar-refractivity contribution < 1.29 is 0 Å². The van der Waals surface area contributed by atoms with Crippen LogP contribution in [0.3, 0.4) is 0 Å². The van der Waals surface area contributed by atoms with E-state index in [-0.39, 0.29) is 0 Å². The molecular formula is C12H24. The predicted octanol–water partition coefficient (Wildman–Crippen LogP) is 4.10. The van der Waals surface area contributed by atoms with Crippen LogP contribution in [-0.2, 0) is 0 Å². The maximum absolute atomic E-state index is 2.44. The van der Waals surface area contributed by atoms with E-state index in [2.05, 4.69) is 27.7 Å². The molecule has 0 radical (unpaired) electrons. The molecule has 0 nitrogen and oxygen atoms in total. The Hall–Kier alpha value is 0. The summed E-state index contributed by atoms with van der Waals surface area (Å²) in [4.78, 5) is 0. The average molecular weight is 168 g/mol. The van der Waals surface area contributed by atoms with Crippen molar-refractivity contribution >= 4 is 0 Å². The fraction of sp³-hybridized carbons (Fsp3) is 1.00. The maximum atomic E-state index is 2.44. The lowest BCUT2D eigenvalue weighted by Crippen LogP contribution is -2.05. The monoisotopic (exact) mass is 168 g/mol. The van der Waals surface area contributed by atoms with E-state index in [0.717, 1.165) is 23.7 Å². The topological polar surface area (TPSA) is 0 Å². The lowest BCUT2D eigenvalue weighted by Gasteiger charge is -2.16. The Balaban J connectivity index is 2.12. The van der Waals surface area contributed by atoms with Crippen molar-refractivity contribution in [3.05, 3.63) is 0 Å². The van der Waals surface area contributed by atoms with Gasteiger partial charge in [0, 0.05) is 0 Å². The molecule has 72 valence electrons. The molecular weight excluding hydrogens is 144 g/mol. The normalized spacial score (nSPS) is 33.0. The van der Waals surface area contributed by atoms with Crippen molar-refractivity contribution in [2.24, 2.45) is 23.7 Å². The molecule has 1 aliphatic carbocycles. The van der Waals surface area contributed by atoms with Crippen molar-refractivity contribution in [1.29, 1.82) is 0 Å². The van der Waals surface area contributed by atoms with Crippen LogP contribution in [0.25, 0.3) is 0 Å². The zero-order chi connectivity index (χ0) is 9.14. The predicted molar refractivity (Wildman–Crippen MR) is 55.1 cm³/mol. The molecule has 0 aliphatic heterocycles. The van der Waals surface area contributed by atoms with Gasteiger partial charge in [0.25, 0.3) is 0 Å². The van der Waals surface area contributed by atoms with Crippen LogP contribution >= 0.6 is 0 Å². The SMILES string of the molecule is CCCC(C)CC(C)C1CC1C. The Kier molecular flexibility index (Phi) is 3.61. The minimum absolute atomic E-state index is 0.956. The van der Waals surface area contributed by atoms with E-state index in [1.165, 1.54) is 25.7 Å². The van der Waals surface area contributed by atoms with E-state index >= 15 is 0 Å². The summed E-state index contributed by atoms with van der Waals surface area (Å²) in [5.41, 5.74) is 0. The molecule has 0 amide bonds. The summed E-state index contributed by atoms with van der Waals surface area (Å²) >= 11 is 0. The summed E-state index contributed by atoms with van der Waals surface area (Å²) in [5.74, 6) is 4.05. The zero-order valence-electron chi connectivity index (χ0n) is 9.14. The highest BCUT2D eigenvalue weighted by molar-refractivity contribution is 4.86. The van der Waals surface area contributed by atoms with Gasteiger partial charge in [-0.05, 0) is 36.5 Å². The molecule has 0 heterocycles. The minimum Gasteiger partial charge on any atom is -0.0654 e. The van der Waals surface area contributed by atoms with Crippen molar-refractivity contribution in [2.75, 3.05) is 0 Å². The summed E-state index contributed by atoms with van der Waals surface area (Å²) in [6, 6.07) is 0. The lowest BCUT2D eigenvalue weighted by atomic mass is 9.90. The van der Waals surface area contributed by atoms with Gasteiger partial charge in [0.05, 0.1) is 0 Å². The molecule has 0 spiro atoms. The van der Waals surface area contributed by atoms with Crippen LogP contribution in [0.4, 0.5) is 0 Å². The van der Waals surface area contributed by atoms with E-state index < -0.39 is 0 Å². The molecule has 0 saturated heterocycles. The Morgan fingerprint density at radius 3 is 2.33 bits per heavy atom. The second-order valence-electron chi connectivity index (χ2n) is 4.98. The Labute approximate surface area is 77.7 Å². The van der Waals surface area contributed by atoms with Gasteiger partial charge in [-0.25, -0.2) is 0 Å². The van der Waals surface area contributed by atoms with E-state index in [4.69, 9.17) is 0 Å². The molecule has 1 aliphatic rings. The van der Waals surface area contributed by atoms with Crippen LogP contribution < -0.4 is 0 Å². The minimum atomic E-state index is 0.956. The number of rotatable bonds is 5. The van der Waals surface area contributed by atoms with Gasteiger partial charge >= 0.3 is 0 Å². The van der Waals surface area contributed by atoms with Gasteiger partial charge in [0.2, 0.25) is 0 Å². The highest BCUT2D eigenvalue weighted by Crippen LogP contribution is 2.45. The standard InChI is InChI=1S/C12H24/c1-5-6-9(2)7-10(3)12-8-11(12)4/h9-12H,5-8H2,1-4H3. The quantitative estimate of drug-likeness (QED) is 0.579. The van der Waals surface area contributed by atoms with Gasteiger partial charge < -0.3 is 0 Å². The van der Waals surface area contributed by atoms with E-state index in [1.807, 2.05) is 0 Å². The third kappa shape index (κ3) is 2.80. The fourth-order valence-corrected chi connectivity index (χ4v) is 2.56. The second-order valence-corrected chi connectivity index (χ2v) is 4.98. The maximum Gasteiger partial charge on any atom is -0.0360 e. The molecule has 0 aromatic carbocycles. The smallest absolute Gasteiger partial charge is 0.0360 e. The number of hydrogen-bond acceptors (Lipinski definition) is 0. The summed E-state index contributed by atoms with van der Waals surface area (Å²) in [6.45, 7) is 9.54. The first kappa shape index (κ1) is 10.1. The zero-order valence-corrected chi connectivity index (χ0v) is 9.14. The molecule has 4 atom stereocenters. The molecule has 12 heavy (non-hydrogen) atoms. The van der Waals surface area contributed by atoms with Crippen LogP contribution in [0.5, 0.6) is 0 Å². The second kappa shape index (κ2) is 4.30. The van der Waals surface area contributed by atoms with Crippen LogP contribution in [0.1, 0.15) is 53.4 Å². The first-order chi connectivity index (χ1) is 5.65. The average Bonchev–Trinajstić information content (AvgIpc) is 2.67. The highest BCUT2D eigenvalue weighted by Gasteiger charge is 2.37. The first-order valence-corrected chi connectivity index (χ1v) is 5.65. The van der Waals surface area contributed by atoms with Crippen LogP contribution in [-0.4, -0.2) is 0 Å². The molecule has 0 heteroatoms. The third-order valence-corrected chi connectivity index (χ3v) is 3.46. The first-order valence-electron chi connectivity index (χ1n) is 5.65. The molecule has 0 aromatic rings.